The van der Waals surface area contributed by atoms with Crippen LogP contribution in [0.15, 0.2) is 18.2 Å². The Morgan fingerprint density at radius 2 is 2.00 bits per heavy atom. The number of carbonyl (C=O) groups is 2. The molecule has 0 atom stereocenters. The van der Waals surface area contributed by atoms with Gasteiger partial charge in [-0.05, 0) is 12.1 Å². The van der Waals surface area contributed by atoms with E-state index >= 15 is 0 Å². The number of alkyl halides is 2. The van der Waals surface area contributed by atoms with Gasteiger partial charge in [-0.3, -0.25) is 0 Å². The Labute approximate surface area is 99.8 Å². The molecular formula is C10H7ClF2O4. The van der Waals surface area contributed by atoms with Crippen LogP contribution in [0.3, 0.4) is 0 Å². The molecule has 0 aromatic heterocycles. The van der Waals surface area contributed by atoms with Gasteiger partial charge in [0.25, 0.3) is 0 Å². The van der Waals surface area contributed by atoms with Gasteiger partial charge in [-0.25, -0.2) is 9.59 Å². The maximum atomic E-state index is 13.1. The smallest absolute Gasteiger partial charge is 0.379 e. The molecule has 0 heterocycles. The number of ether oxygens (including phenoxy) is 1. The van der Waals surface area contributed by atoms with E-state index < -0.39 is 23.4 Å². The van der Waals surface area contributed by atoms with E-state index in [2.05, 4.69) is 4.74 Å². The third-order valence-electron chi connectivity index (χ3n) is 2.01. The van der Waals surface area contributed by atoms with Crippen LogP contribution in [0.4, 0.5) is 8.78 Å². The van der Waals surface area contributed by atoms with Gasteiger partial charge in [0.15, 0.2) is 0 Å². The highest BCUT2D eigenvalue weighted by Crippen LogP contribution is 2.31. The lowest BCUT2D eigenvalue weighted by Crippen LogP contribution is -2.25. The summed E-state index contributed by atoms with van der Waals surface area (Å²) in [5, 5.41) is 8.03. The van der Waals surface area contributed by atoms with Crippen molar-refractivity contribution in [3.8, 4) is 0 Å². The molecule has 92 valence electrons. The molecule has 0 saturated carbocycles. The Kier molecular flexibility index (Phi) is 3.67. The van der Waals surface area contributed by atoms with Crippen molar-refractivity contribution in [2.45, 2.75) is 5.92 Å². The summed E-state index contributed by atoms with van der Waals surface area (Å²) in [6.07, 6.45) is 0. The number of hydrogen-bond acceptors (Lipinski definition) is 3. The summed E-state index contributed by atoms with van der Waals surface area (Å²) in [5.74, 6) is -7.14. The average Bonchev–Trinajstić information content (AvgIpc) is 2.27. The molecule has 0 saturated heterocycles. The molecule has 0 aliphatic carbocycles. The van der Waals surface area contributed by atoms with E-state index in [4.69, 9.17) is 16.7 Å². The Morgan fingerprint density at radius 3 is 2.41 bits per heavy atom. The van der Waals surface area contributed by atoms with Crippen molar-refractivity contribution in [1.82, 2.24) is 0 Å². The Morgan fingerprint density at radius 1 is 1.41 bits per heavy atom. The number of hydrogen-bond donors (Lipinski definition) is 1. The van der Waals surface area contributed by atoms with Crippen LogP contribution in [0.25, 0.3) is 0 Å². The molecule has 0 aliphatic rings. The first-order chi connectivity index (χ1) is 7.80. The van der Waals surface area contributed by atoms with Gasteiger partial charge in [0.1, 0.15) is 0 Å². The molecule has 0 unspecified atom stereocenters. The van der Waals surface area contributed by atoms with E-state index in [1.165, 1.54) is 0 Å². The summed E-state index contributed by atoms with van der Waals surface area (Å²) in [6.45, 7) is 0. The van der Waals surface area contributed by atoms with Crippen molar-refractivity contribution < 1.29 is 28.2 Å². The minimum Gasteiger partial charge on any atom is -0.477 e. The quantitative estimate of drug-likeness (QED) is 0.851. The minimum atomic E-state index is -4.06. The van der Waals surface area contributed by atoms with Crippen LogP contribution in [-0.4, -0.2) is 24.2 Å². The number of carboxylic acids is 1. The number of methoxy groups -OCH3 is 1. The number of carbonyl (C=O) groups excluding carboxylic acids is 1. The van der Waals surface area contributed by atoms with Gasteiger partial charge in [0, 0.05) is 5.56 Å². The van der Waals surface area contributed by atoms with Crippen LogP contribution in [-0.2, 0) is 15.5 Å². The largest absolute Gasteiger partial charge is 0.477 e. The van der Waals surface area contributed by atoms with Gasteiger partial charge >= 0.3 is 17.9 Å². The van der Waals surface area contributed by atoms with Crippen LogP contribution in [0.2, 0.25) is 5.02 Å². The molecule has 0 radical (unpaired) electrons. The summed E-state index contributed by atoms with van der Waals surface area (Å²) >= 11 is 5.59. The Bertz CT molecular complexity index is 473. The van der Waals surface area contributed by atoms with Gasteiger partial charge < -0.3 is 9.84 Å². The maximum absolute atomic E-state index is 13.1. The van der Waals surface area contributed by atoms with E-state index in [0.717, 1.165) is 25.3 Å². The molecule has 1 aromatic carbocycles. The second-order valence-corrected chi connectivity index (χ2v) is 3.47. The van der Waals surface area contributed by atoms with Gasteiger partial charge in [-0.1, -0.05) is 17.7 Å². The van der Waals surface area contributed by atoms with Crippen LogP contribution in [0.1, 0.15) is 15.9 Å². The highest BCUT2D eigenvalue weighted by molar-refractivity contribution is 6.33. The van der Waals surface area contributed by atoms with Crippen LogP contribution in [0, 0.1) is 0 Å². The summed E-state index contributed by atoms with van der Waals surface area (Å²) in [5.41, 5.74) is -0.915. The number of esters is 1. The fraction of sp³-hybridized carbons (Fsp3) is 0.200. The molecule has 1 rings (SSSR count). The SMILES string of the molecule is COC(=O)c1ccc(C(F)(F)C(=O)O)cc1Cl. The van der Waals surface area contributed by atoms with Gasteiger partial charge in [-0.15, -0.1) is 0 Å². The molecule has 0 bridgehead atoms. The van der Waals surface area contributed by atoms with Crippen LogP contribution >= 0.6 is 11.6 Å². The number of rotatable bonds is 3. The molecule has 0 fully saturated rings. The predicted molar refractivity (Wildman–Crippen MR) is 54.3 cm³/mol. The van der Waals surface area contributed by atoms with E-state index in [9.17, 15) is 18.4 Å². The highest BCUT2D eigenvalue weighted by Gasteiger charge is 2.41. The van der Waals surface area contributed by atoms with E-state index in [1.807, 2.05) is 0 Å². The second kappa shape index (κ2) is 4.67. The fourth-order valence-corrected chi connectivity index (χ4v) is 1.37. The predicted octanol–water partition coefficient (Wildman–Crippen LogP) is 2.30. The van der Waals surface area contributed by atoms with Crippen molar-refractivity contribution in [1.29, 1.82) is 0 Å². The summed E-state index contributed by atoms with van der Waals surface area (Å²) in [6, 6.07) is 2.52. The van der Waals surface area contributed by atoms with E-state index in [-0.39, 0.29) is 10.6 Å². The monoisotopic (exact) mass is 264 g/mol. The zero-order chi connectivity index (χ0) is 13.2. The second-order valence-electron chi connectivity index (χ2n) is 3.07. The lowest BCUT2D eigenvalue weighted by atomic mass is 10.1. The number of benzene rings is 1. The Balaban J connectivity index is 3.22. The third kappa shape index (κ3) is 2.52. The molecule has 17 heavy (non-hydrogen) atoms. The zero-order valence-electron chi connectivity index (χ0n) is 8.54. The summed E-state index contributed by atoms with van der Waals surface area (Å²) in [4.78, 5) is 21.4. The van der Waals surface area contributed by atoms with E-state index in [0.29, 0.717) is 0 Å². The highest BCUT2D eigenvalue weighted by atomic mass is 35.5. The summed E-state index contributed by atoms with van der Waals surface area (Å²) < 4.78 is 30.6. The lowest BCUT2D eigenvalue weighted by molar-refractivity contribution is -0.166. The van der Waals surface area contributed by atoms with Gasteiger partial charge in [0.2, 0.25) is 0 Å². The molecular weight excluding hydrogens is 258 g/mol. The molecule has 1 N–H and O–H groups in total. The maximum Gasteiger partial charge on any atom is 0.379 e. The van der Waals surface area contributed by atoms with E-state index in [1.54, 1.807) is 0 Å². The zero-order valence-corrected chi connectivity index (χ0v) is 9.29. The molecule has 0 amide bonds. The first-order valence-corrected chi connectivity index (χ1v) is 4.68. The number of halogens is 3. The van der Waals surface area contributed by atoms with Crippen molar-refractivity contribution in [3.63, 3.8) is 0 Å². The fourth-order valence-electron chi connectivity index (χ4n) is 1.11. The van der Waals surface area contributed by atoms with Crippen molar-refractivity contribution in [3.05, 3.63) is 34.3 Å². The topological polar surface area (TPSA) is 63.6 Å². The van der Waals surface area contributed by atoms with Crippen LogP contribution in [0.5, 0.6) is 0 Å². The van der Waals surface area contributed by atoms with Gasteiger partial charge in [-0.2, -0.15) is 8.78 Å². The van der Waals surface area contributed by atoms with Crippen molar-refractivity contribution in [2.24, 2.45) is 0 Å². The minimum absolute atomic E-state index is 0.112. The molecule has 0 spiro atoms. The Hall–Kier alpha value is -1.69. The standard InChI is InChI=1S/C10H7ClF2O4/c1-17-8(14)6-3-2-5(4-7(6)11)10(12,13)9(15)16/h2-4H,1H3,(H,15,16). The van der Waals surface area contributed by atoms with Crippen molar-refractivity contribution in [2.75, 3.05) is 7.11 Å². The summed E-state index contributed by atoms with van der Waals surface area (Å²) in [7, 11) is 1.11. The molecule has 7 heteroatoms. The lowest BCUT2D eigenvalue weighted by Gasteiger charge is -2.12. The normalized spacial score (nSPS) is 11.1. The van der Waals surface area contributed by atoms with Gasteiger partial charge in [0.05, 0.1) is 17.7 Å². The molecule has 1 aromatic rings. The first-order valence-electron chi connectivity index (χ1n) is 4.30. The number of carboxylic acid groups (broad SMARTS) is 1. The van der Waals surface area contributed by atoms with Crippen molar-refractivity contribution >= 4 is 23.5 Å². The first kappa shape index (κ1) is 13.4. The third-order valence-corrected chi connectivity index (χ3v) is 2.32. The van der Waals surface area contributed by atoms with Crippen LogP contribution < -0.4 is 0 Å². The molecule has 4 nitrogen and oxygen atoms in total. The molecule has 0 aliphatic heterocycles. The number of aliphatic carboxylic acids is 1. The average molecular weight is 265 g/mol.